The van der Waals surface area contributed by atoms with Crippen LogP contribution < -0.4 is 5.32 Å². The van der Waals surface area contributed by atoms with Gasteiger partial charge in [-0.3, -0.25) is 4.79 Å². The van der Waals surface area contributed by atoms with E-state index in [1.165, 1.54) is 24.3 Å². The first kappa shape index (κ1) is 32.6. The Kier molecular flexibility index (Phi) is 9.10. The summed E-state index contributed by atoms with van der Waals surface area (Å²) in [6.45, 7) is -1.13. The van der Waals surface area contributed by atoms with E-state index in [2.05, 4.69) is 15.9 Å². The van der Waals surface area contributed by atoms with E-state index in [1.54, 1.807) is 0 Å². The van der Waals surface area contributed by atoms with E-state index in [-0.39, 0.29) is 5.56 Å². The van der Waals surface area contributed by atoms with Crippen LogP contribution in [-0.2, 0) is 0 Å². The third-order valence-corrected chi connectivity index (χ3v) is 5.44. The van der Waals surface area contributed by atoms with Crippen LogP contribution >= 0.6 is 38.5 Å². The Bertz CT molecular complexity index is 989. The van der Waals surface area contributed by atoms with Crippen LogP contribution in [0.2, 0.25) is 0 Å². The van der Waals surface area contributed by atoms with Crippen LogP contribution in [0.25, 0.3) is 0 Å². The zero-order valence-electron chi connectivity index (χ0n) is 16.4. The molecule has 0 bridgehead atoms. The lowest BCUT2D eigenvalue weighted by Crippen LogP contribution is -2.72. The SMILES string of the molecule is O=C(NCC(I)=CC(F)(F)C(F)(F)C(F)(F)C(F)(F)C(F)(F)C(F)(F)C(F)(F)F)c1ccc(Br)cc1. The summed E-state index contributed by atoms with van der Waals surface area (Å²) in [7, 11) is 0. The summed E-state index contributed by atoms with van der Waals surface area (Å²) in [5.74, 6) is -48.0. The maximum atomic E-state index is 13.9. The third-order valence-electron chi connectivity index (χ3n) is 4.21. The Labute approximate surface area is 212 Å². The van der Waals surface area contributed by atoms with Crippen molar-refractivity contribution in [2.24, 2.45) is 0 Å². The minimum absolute atomic E-state index is 0.126. The van der Waals surface area contributed by atoms with Crippen molar-refractivity contribution < 1.29 is 70.7 Å². The van der Waals surface area contributed by atoms with Gasteiger partial charge in [0.1, 0.15) is 0 Å². The molecule has 19 heteroatoms. The standard InChI is InChI=1S/C17H8BrF15INO/c18-8-3-1-7(2-4-8)10(36)35-6-9(34)5-11(19,20)12(21,22)13(23,24)14(25,26)15(27,28)16(29,30)17(31,32)33/h1-5H,6H2,(H,35,36). The van der Waals surface area contributed by atoms with Gasteiger partial charge in [-0.1, -0.05) is 15.9 Å². The van der Waals surface area contributed by atoms with Crippen molar-refractivity contribution in [3.63, 3.8) is 0 Å². The monoisotopic (exact) mass is 733 g/mol. The first-order chi connectivity index (χ1) is 15.8. The smallest absolute Gasteiger partial charge is 0.348 e. The van der Waals surface area contributed by atoms with Crippen LogP contribution in [0.5, 0.6) is 0 Å². The number of halogens is 17. The molecule has 1 N–H and O–H groups in total. The number of alkyl halides is 15. The molecule has 0 atom stereocenters. The van der Waals surface area contributed by atoms with Gasteiger partial charge in [0.25, 0.3) is 5.91 Å². The van der Waals surface area contributed by atoms with Gasteiger partial charge in [-0.2, -0.15) is 65.9 Å². The van der Waals surface area contributed by atoms with Crippen LogP contribution in [-0.4, -0.2) is 54.2 Å². The molecule has 0 aliphatic rings. The van der Waals surface area contributed by atoms with Gasteiger partial charge in [0, 0.05) is 26.2 Å². The predicted octanol–water partition coefficient (Wildman–Crippen LogP) is 7.87. The quantitative estimate of drug-likeness (QED) is 0.203. The zero-order valence-corrected chi connectivity index (χ0v) is 20.2. The molecule has 0 fully saturated rings. The van der Waals surface area contributed by atoms with E-state index in [0.29, 0.717) is 4.47 Å². The molecule has 36 heavy (non-hydrogen) atoms. The molecule has 0 aromatic heterocycles. The van der Waals surface area contributed by atoms with Crippen molar-refractivity contribution >= 4 is 44.4 Å². The number of hydrogen-bond donors (Lipinski definition) is 1. The van der Waals surface area contributed by atoms with Crippen LogP contribution in [0.4, 0.5) is 65.9 Å². The first-order valence-corrected chi connectivity index (χ1v) is 10.4. The number of nitrogens with one attached hydrogen (secondary N) is 1. The average Bonchev–Trinajstić information content (AvgIpc) is 2.70. The molecule has 0 saturated heterocycles. The molecular weight excluding hydrogens is 726 g/mol. The van der Waals surface area contributed by atoms with Gasteiger partial charge in [-0.15, -0.1) is 0 Å². The van der Waals surface area contributed by atoms with Crippen LogP contribution in [0.3, 0.4) is 0 Å². The second-order valence-electron chi connectivity index (χ2n) is 6.77. The summed E-state index contributed by atoms with van der Waals surface area (Å²) in [6.07, 6.45) is -8.84. The Morgan fingerprint density at radius 2 is 1.11 bits per heavy atom. The summed E-state index contributed by atoms with van der Waals surface area (Å²) in [4.78, 5) is 11.8. The number of carbonyl (C=O) groups is 1. The zero-order chi connectivity index (χ0) is 28.8. The number of hydrogen-bond acceptors (Lipinski definition) is 1. The van der Waals surface area contributed by atoms with E-state index < -0.39 is 63.8 Å². The second-order valence-corrected chi connectivity index (χ2v) is 9.07. The molecule has 1 amide bonds. The van der Waals surface area contributed by atoms with Crippen molar-refractivity contribution in [3.05, 3.63) is 44.0 Å². The van der Waals surface area contributed by atoms with Crippen molar-refractivity contribution in [2.45, 2.75) is 41.7 Å². The van der Waals surface area contributed by atoms with E-state index in [4.69, 9.17) is 0 Å². The van der Waals surface area contributed by atoms with Crippen LogP contribution in [0.1, 0.15) is 10.4 Å². The Hall–Kier alpha value is -1.41. The lowest BCUT2D eigenvalue weighted by atomic mass is 9.91. The molecule has 1 aromatic rings. The van der Waals surface area contributed by atoms with Crippen molar-refractivity contribution in [1.82, 2.24) is 5.32 Å². The Balaban J connectivity index is 3.29. The Morgan fingerprint density at radius 3 is 1.53 bits per heavy atom. The van der Waals surface area contributed by atoms with Crippen molar-refractivity contribution in [3.8, 4) is 0 Å². The fourth-order valence-corrected chi connectivity index (χ4v) is 3.03. The maximum absolute atomic E-state index is 13.9. The highest BCUT2D eigenvalue weighted by Gasteiger charge is 2.93. The highest BCUT2D eigenvalue weighted by molar-refractivity contribution is 14.1. The molecule has 0 spiro atoms. The van der Waals surface area contributed by atoms with E-state index in [1.807, 2.05) is 5.32 Å². The van der Waals surface area contributed by atoms with Gasteiger partial charge in [0.15, 0.2) is 0 Å². The lowest BCUT2D eigenvalue weighted by Gasteiger charge is -2.41. The number of benzene rings is 1. The largest absolute Gasteiger partial charge is 0.460 e. The normalized spacial score (nSPS) is 15.2. The minimum Gasteiger partial charge on any atom is -0.348 e. The molecule has 0 saturated carbocycles. The summed E-state index contributed by atoms with van der Waals surface area (Å²) >= 11 is 3.75. The number of allylic oxidation sites excluding steroid dienone is 1. The molecule has 0 radical (unpaired) electrons. The number of amides is 1. The highest BCUT2D eigenvalue weighted by atomic mass is 127. The number of rotatable bonds is 9. The van der Waals surface area contributed by atoms with Crippen molar-refractivity contribution in [1.29, 1.82) is 0 Å². The fourth-order valence-electron chi connectivity index (χ4n) is 2.19. The molecule has 1 aromatic carbocycles. The van der Waals surface area contributed by atoms with Crippen LogP contribution in [0, 0.1) is 0 Å². The predicted molar refractivity (Wildman–Crippen MR) is 104 cm³/mol. The first-order valence-electron chi connectivity index (χ1n) is 8.52. The van der Waals surface area contributed by atoms with Gasteiger partial charge >= 0.3 is 41.7 Å². The molecule has 2 nitrogen and oxygen atoms in total. The van der Waals surface area contributed by atoms with E-state index in [9.17, 15) is 70.7 Å². The maximum Gasteiger partial charge on any atom is 0.460 e. The van der Waals surface area contributed by atoms with Crippen molar-refractivity contribution in [2.75, 3.05) is 6.54 Å². The molecule has 0 aliphatic heterocycles. The van der Waals surface area contributed by atoms with Crippen LogP contribution in [0.15, 0.2) is 38.4 Å². The van der Waals surface area contributed by atoms with Gasteiger partial charge in [0.05, 0.1) is 0 Å². The van der Waals surface area contributed by atoms with Gasteiger partial charge in [-0.05, 0) is 46.9 Å². The summed E-state index contributed by atoms with van der Waals surface area (Å²) in [5, 5.41) is 1.83. The molecular formula is C17H8BrF15INO. The fraction of sp³-hybridized carbons (Fsp3) is 0.471. The molecule has 0 unspecified atom stereocenters. The van der Waals surface area contributed by atoms with E-state index in [0.717, 1.165) is 22.6 Å². The molecule has 0 heterocycles. The summed E-state index contributed by atoms with van der Waals surface area (Å²) < 4.78 is 197. The van der Waals surface area contributed by atoms with E-state index >= 15 is 0 Å². The Morgan fingerprint density at radius 1 is 0.722 bits per heavy atom. The molecule has 206 valence electrons. The second kappa shape index (κ2) is 10.0. The van der Waals surface area contributed by atoms with Gasteiger partial charge < -0.3 is 5.32 Å². The van der Waals surface area contributed by atoms with Gasteiger partial charge in [-0.25, -0.2) is 0 Å². The molecule has 0 aliphatic carbocycles. The molecule has 1 rings (SSSR count). The highest BCUT2D eigenvalue weighted by Crippen LogP contribution is 2.62. The third kappa shape index (κ3) is 5.54. The minimum atomic E-state index is -8.35. The van der Waals surface area contributed by atoms with Gasteiger partial charge in [0.2, 0.25) is 0 Å². The topological polar surface area (TPSA) is 29.1 Å². The summed E-state index contributed by atoms with van der Waals surface area (Å²) in [6, 6.07) is 5.03. The number of carbonyl (C=O) groups excluding carboxylic acids is 1. The lowest BCUT2D eigenvalue weighted by molar-refractivity contribution is -0.449. The average molecular weight is 734 g/mol. The summed E-state index contributed by atoms with van der Waals surface area (Å²) in [5.41, 5.74) is -0.126.